The molecule has 1 aromatic heterocycles. The Bertz CT molecular complexity index is 1370. The van der Waals surface area contributed by atoms with Crippen molar-refractivity contribution < 1.29 is 31.9 Å². The van der Waals surface area contributed by atoms with Crippen molar-refractivity contribution in [1.29, 1.82) is 0 Å². The Morgan fingerprint density at radius 3 is 2.41 bits per heavy atom. The number of ether oxygens (including phenoxy) is 1. The number of aromatic nitrogens is 2. The van der Waals surface area contributed by atoms with Crippen molar-refractivity contribution in [1.82, 2.24) is 14.7 Å². The number of fused-ring (bicyclic) bond motifs is 1. The number of nitrogens with one attached hydrogen (secondary N) is 1. The van der Waals surface area contributed by atoms with Gasteiger partial charge in [0.15, 0.2) is 17.5 Å². The van der Waals surface area contributed by atoms with E-state index in [0.29, 0.717) is 23.5 Å². The summed E-state index contributed by atoms with van der Waals surface area (Å²) in [6.07, 6.45) is 2.20. The first kappa shape index (κ1) is 23.3. The van der Waals surface area contributed by atoms with Crippen LogP contribution in [0, 0.1) is 29.2 Å². The van der Waals surface area contributed by atoms with Gasteiger partial charge in [0.05, 0.1) is 43.3 Å². The lowest BCUT2D eigenvalue weighted by Gasteiger charge is -2.37. The number of halogens is 4. The second-order valence-corrected chi connectivity index (χ2v) is 9.41. The summed E-state index contributed by atoms with van der Waals surface area (Å²) in [6.45, 7) is 0.638. The molecule has 192 valence electrons. The fourth-order valence-corrected chi connectivity index (χ4v) is 4.94. The van der Waals surface area contributed by atoms with Crippen molar-refractivity contribution in [3.05, 3.63) is 77.1 Å². The number of hydrogen-bond donors (Lipinski definition) is 1. The summed E-state index contributed by atoms with van der Waals surface area (Å²) in [5.41, 5.74) is 1.51. The van der Waals surface area contributed by atoms with Gasteiger partial charge in [0.2, 0.25) is 0 Å². The van der Waals surface area contributed by atoms with Crippen molar-refractivity contribution in [2.24, 2.45) is 5.92 Å². The molecule has 12 heteroatoms. The van der Waals surface area contributed by atoms with Crippen molar-refractivity contribution in [3.8, 4) is 0 Å². The van der Waals surface area contributed by atoms with E-state index in [4.69, 9.17) is 4.74 Å². The maximum Gasteiger partial charge on any atom is 0.415 e. The summed E-state index contributed by atoms with van der Waals surface area (Å²) in [5.74, 6) is -4.58. The van der Waals surface area contributed by atoms with Gasteiger partial charge in [-0.25, -0.2) is 27.2 Å². The Morgan fingerprint density at radius 2 is 1.73 bits per heavy atom. The van der Waals surface area contributed by atoms with E-state index in [1.54, 1.807) is 27.9 Å². The highest BCUT2D eigenvalue weighted by Gasteiger charge is 2.43. The lowest BCUT2D eigenvalue weighted by atomic mass is 10.1. The SMILES string of the molecule is O=C1OC(c2ccc(F)cc2)CN1c1cnn2c1CN(C(=O)Nc1cc(F)c(F)c(F)c1)C(C1CC1)C2. The first-order valence-corrected chi connectivity index (χ1v) is 11.8. The Balaban J connectivity index is 1.25. The molecule has 1 aliphatic carbocycles. The number of carbonyl (C=O) groups excluding carboxylic acids is 2. The van der Waals surface area contributed by atoms with Gasteiger partial charge in [-0.1, -0.05) is 12.1 Å². The van der Waals surface area contributed by atoms with Crippen molar-refractivity contribution in [3.63, 3.8) is 0 Å². The van der Waals surface area contributed by atoms with Crippen LogP contribution in [-0.2, 0) is 17.8 Å². The molecule has 1 saturated heterocycles. The van der Waals surface area contributed by atoms with Gasteiger partial charge < -0.3 is 15.0 Å². The van der Waals surface area contributed by atoms with Crippen LogP contribution in [-0.4, -0.2) is 39.4 Å². The number of nitrogens with zero attached hydrogens (tertiary/aromatic N) is 4. The van der Waals surface area contributed by atoms with E-state index in [1.807, 2.05) is 0 Å². The van der Waals surface area contributed by atoms with Crippen LogP contribution in [0.25, 0.3) is 0 Å². The van der Waals surface area contributed by atoms with Crippen LogP contribution in [0.5, 0.6) is 0 Å². The second-order valence-electron chi connectivity index (χ2n) is 9.41. The quantitative estimate of drug-likeness (QED) is 0.394. The summed E-state index contributed by atoms with van der Waals surface area (Å²) in [5, 5.41) is 6.90. The average Bonchev–Trinajstić information content (AvgIpc) is 3.53. The standard InChI is InChI=1S/C25H21F4N5O3/c26-15-5-3-14(4-6-15)22-12-33(25(36)37-22)19-9-30-34-11-20(13-1-2-13)32(10-21(19)34)24(35)31-16-7-17(27)23(29)18(28)8-16/h3-9,13,20,22H,1-2,10-12H2,(H,31,35). The van der Waals surface area contributed by atoms with Crippen LogP contribution in [0.1, 0.15) is 30.2 Å². The lowest BCUT2D eigenvalue weighted by Crippen LogP contribution is -2.49. The molecule has 2 aromatic carbocycles. The van der Waals surface area contributed by atoms with Gasteiger partial charge in [0.25, 0.3) is 0 Å². The van der Waals surface area contributed by atoms with Gasteiger partial charge in [0.1, 0.15) is 11.9 Å². The third-order valence-corrected chi connectivity index (χ3v) is 7.01. The molecule has 0 radical (unpaired) electrons. The zero-order valence-corrected chi connectivity index (χ0v) is 19.3. The molecule has 1 saturated carbocycles. The molecule has 2 aliphatic heterocycles. The predicted octanol–water partition coefficient (Wildman–Crippen LogP) is 4.96. The van der Waals surface area contributed by atoms with Gasteiger partial charge in [0, 0.05) is 17.8 Å². The maximum absolute atomic E-state index is 13.7. The Labute approximate surface area is 208 Å². The van der Waals surface area contributed by atoms with E-state index >= 15 is 0 Å². The number of benzene rings is 2. The zero-order chi connectivity index (χ0) is 25.8. The van der Waals surface area contributed by atoms with E-state index in [0.717, 1.165) is 25.0 Å². The Morgan fingerprint density at radius 1 is 1.03 bits per heavy atom. The molecule has 3 aromatic rings. The van der Waals surface area contributed by atoms with Crippen molar-refractivity contribution >= 4 is 23.5 Å². The lowest BCUT2D eigenvalue weighted by molar-refractivity contribution is 0.141. The highest BCUT2D eigenvalue weighted by atomic mass is 19.2. The van der Waals surface area contributed by atoms with Crippen LogP contribution >= 0.6 is 0 Å². The molecule has 3 heterocycles. The van der Waals surface area contributed by atoms with E-state index < -0.39 is 41.5 Å². The molecule has 37 heavy (non-hydrogen) atoms. The van der Waals surface area contributed by atoms with Crippen LogP contribution in [0.2, 0.25) is 0 Å². The predicted molar refractivity (Wildman–Crippen MR) is 123 cm³/mol. The number of cyclic esters (lactones) is 1. The summed E-state index contributed by atoms with van der Waals surface area (Å²) >= 11 is 0. The van der Waals surface area contributed by atoms with Gasteiger partial charge in [-0.2, -0.15) is 5.10 Å². The fraction of sp³-hybridized carbons (Fsp3) is 0.320. The largest absolute Gasteiger partial charge is 0.439 e. The van der Waals surface area contributed by atoms with Crippen LogP contribution in [0.4, 0.5) is 38.5 Å². The van der Waals surface area contributed by atoms with Gasteiger partial charge in [-0.3, -0.25) is 9.58 Å². The highest BCUT2D eigenvalue weighted by Crippen LogP contribution is 2.41. The molecule has 3 aliphatic rings. The van der Waals surface area contributed by atoms with E-state index in [-0.39, 0.29) is 30.7 Å². The minimum absolute atomic E-state index is 0.0828. The number of carbonyl (C=O) groups is 2. The maximum atomic E-state index is 13.7. The van der Waals surface area contributed by atoms with Gasteiger partial charge >= 0.3 is 12.1 Å². The molecule has 0 bridgehead atoms. The molecule has 2 atom stereocenters. The monoisotopic (exact) mass is 515 g/mol. The Kier molecular flexibility index (Phi) is 5.54. The first-order valence-electron chi connectivity index (χ1n) is 11.8. The van der Waals surface area contributed by atoms with Gasteiger partial charge in [-0.15, -0.1) is 0 Å². The number of urea groups is 1. The minimum atomic E-state index is -1.61. The molecule has 3 amide bonds. The second kappa shape index (κ2) is 8.79. The summed E-state index contributed by atoms with van der Waals surface area (Å²) < 4.78 is 61.3. The summed E-state index contributed by atoms with van der Waals surface area (Å²) in [7, 11) is 0. The fourth-order valence-electron chi connectivity index (χ4n) is 4.94. The Hall–Kier alpha value is -4.09. The number of rotatable bonds is 4. The molecule has 6 rings (SSSR count). The van der Waals surface area contributed by atoms with Crippen LogP contribution < -0.4 is 10.2 Å². The first-order chi connectivity index (χ1) is 17.8. The molecule has 8 nitrogen and oxygen atoms in total. The van der Waals surface area contributed by atoms with Crippen molar-refractivity contribution in [2.45, 2.75) is 38.1 Å². The molecular formula is C25H21F4N5O3. The third kappa shape index (κ3) is 4.25. The normalized spacial score (nSPS) is 21.1. The molecule has 2 fully saturated rings. The van der Waals surface area contributed by atoms with Crippen molar-refractivity contribution in [2.75, 3.05) is 16.8 Å². The summed E-state index contributed by atoms with van der Waals surface area (Å²) in [6, 6.07) is 6.31. The number of anilines is 2. The van der Waals surface area contributed by atoms with E-state index in [9.17, 15) is 27.2 Å². The van der Waals surface area contributed by atoms with Crippen LogP contribution in [0.3, 0.4) is 0 Å². The van der Waals surface area contributed by atoms with Crippen LogP contribution in [0.15, 0.2) is 42.6 Å². The third-order valence-electron chi connectivity index (χ3n) is 7.01. The topological polar surface area (TPSA) is 79.7 Å². The summed E-state index contributed by atoms with van der Waals surface area (Å²) in [4.78, 5) is 28.9. The minimum Gasteiger partial charge on any atom is -0.439 e. The number of hydrogen-bond acceptors (Lipinski definition) is 4. The van der Waals surface area contributed by atoms with E-state index in [1.165, 1.54) is 17.0 Å². The number of amides is 3. The average molecular weight is 515 g/mol. The molecule has 1 N–H and O–H groups in total. The zero-order valence-electron chi connectivity index (χ0n) is 19.3. The van der Waals surface area contributed by atoms with Gasteiger partial charge in [-0.05, 0) is 36.5 Å². The molecule has 0 spiro atoms. The smallest absolute Gasteiger partial charge is 0.415 e. The van der Waals surface area contributed by atoms with E-state index in [2.05, 4.69) is 10.4 Å². The molecule has 2 unspecified atom stereocenters. The highest BCUT2D eigenvalue weighted by molar-refractivity contribution is 5.92. The molecular weight excluding hydrogens is 494 g/mol.